The number of ether oxygens (including phenoxy) is 1. The first-order valence-corrected chi connectivity index (χ1v) is 7.29. The van der Waals surface area contributed by atoms with Crippen LogP contribution in [0.2, 0.25) is 0 Å². The quantitative estimate of drug-likeness (QED) is 0.841. The molecule has 7 heteroatoms. The van der Waals surface area contributed by atoms with E-state index in [1.165, 1.54) is 0 Å². The van der Waals surface area contributed by atoms with Crippen molar-refractivity contribution in [1.82, 2.24) is 10.2 Å². The van der Waals surface area contributed by atoms with E-state index >= 15 is 0 Å². The highest BCUT2D eigenvalue weighted by atomic mass is 32.2. The summed E-state index contributed by atoms with van der Waals surface area (Å²) in [7, 11) is -3.34. The van der Waals surface area contributed by atoms with Gasteiger partial charge in [0.05, 0.1) is 11.4 Å². The lowest BCUT2D eigenvalue weighted by atomic mass is 10.2. The predicted molar refractivity (Wildman–Crippen MR) is 64.3 cm³/mol. The number of nitrogens with one attached hydrogen (secondary N) is 2. The van der Waals surface area contributed by atoms with Crippen LogP contribution in [-0.2, 0) is 21.2 Å². The average molecular weight is 259 g/mol. The van der Waals surface area contributed by atoms with Crippen LogP contribution >= 0.6 is 0 Å². The van der Waals surface area contributed by atoms with Crippen LogP contribution in [0.1, 0.15) is 25.3 Å². The Morgan fingerprint density at radius 1 is 1.53 bits per heavy atom. The molecule has 1 aromatic heterocycles. The van der Waals surface area contributed by atoms with Gasteiger partial charge in [-0.2, -0.15) is 5.10 Å². The van der Waals surface area contributed by atoms with E-state index in [0.717, 1.165) is 12.0 Å². The summed E-state index contributed by atoms with van der Waals surface area (Å²) < 4.78 is 32.0. The number of H-pyrrole nitrogens is 1. The van der Waals surface area contributed by atoms with Crippen LogP contribution < -0.4 is 4.72 Å². The highest BCUT2D eigenvalue weighted by Gasteiger charge is 2.28. The van der Waals surface area contributed by atoms with Crippen molar-refractivity contribution in [3.8, 4) is 0 Å². The number of aromatic amines is 1. The van der Waals surface area contributed by atoms with Gasteiger partial charge in [0.15, 0.2) is 0 Å². The third-order valence-electron chi connectivity index (χ3n) is 2.95. The van der Waals surface area contributed by atoms with Crippen molar-refractivity contribution < 1.29 is 13.2 Å². The predicted octanol–water partition coefficient (Wildman–Crippen LogP) is 0.893. The van der Waals surface area contributed by atoms with Crippen LogP contribution in [0.3, 0.4) is 0 Å². The molecule has 1 saturated heterocycles. The van der Waals surface area contributed by atoms with E-state index in [9.17, 15) is 8.42 Å². The minimum atomic E-state index is -3.34. The smallest absolute Gasteiger partial charge is 0.236 e. The number of rotatable bonds is 4. The maximum atomic E-state index is 12.1. The highest BCUT2D eigenvalue weighted by molar-refractivity contribution is 7.93. The Labute approximate surface area is 101 Å². The summed E-state index contributed by atoms with van der Waals surface area (Å²) in [4.78, 5) is 0. The van der Waals surface area contributed by atoms with Gasteiger partial charge in [-0.3, -0.25) is 9.82 Å². The van der Waals surface area contributed by atoms with E-state index in [1.807, 2.05) is 6.92 Å². The molecule has 2 heterocycles. The van der Waals surface area contributed by atoms with Gasteiger partial charge < -0.3 is 4.74 Å². The summed E-state index contributed by atoms with van der Waals surface area (Å²) in [6, 6.07) is 0. The van der Waals surface area contributed by atoms with Crippen molar-refractivity contribution in [2.45, 2.75) is 31.4 Å². The minimum absolute atomic E-state index is 0.371. The van der Waals surface area contributed by atoms with Crippen molar-refractivity contribution in [2.75, 3.05) is 17.9 Å². The van der Waals surface area contributed by atoms with Crippen molar-refractivity contribution >= 4 is 15.8 Å². The number of hydrogen-bond donors (Lipinski definition) is 2. The maximum absolute atomic E-state index is 12.1. The normalized spacial score (nSPS) is 18.2. The molecule has 0 unspecified atom stereocenters. The molecule has 0 amide bonds. The van der Waals surface area contributed by atoms with E-state index < -0.39 is 10.0 Å². The number of aromatic nitrogens is 2. The zero-order valence-corrected chi connectivity index (χ0v) is 10.6. The molecule has 0 saturated carbocycles. The SMILES string of the molecule is CCc1cn[nH]c1NS(=O)(=O)C1CCOCC1. The van der Waals surface area contributed by atoms with E-state index in [1.54, 1.807) is 6.20 Å². The molecule has 0 atom stereocenters. The third kappa shape index (κ3) is 2.78. The Bertz CT molecular complexity index is 463. The highest BCUT2D eigenvalue weighted by Crippen LogP contribution is 2.20. The van der Waals surface area contributed by atoms with Crippen LogP contribution in [0.25, 0.3) is 0 Å². The van der Waals surface area contributed by atoms with Crippen LogP contribution in [0.4, 0.5) is 5.82 Å². The van der Waals surface area contributed by atoms with Crippen molar-refractivity contribution in [3.63, 3.8) is 0 Å². The Kier molecular flexibility index (Phi) is 3.68. The molecular weight excluding hydrogens is 242 g/mol. The number of nitrogens with zero attached hydrogens (tertiary/aromatic N) is 1. The van der Waals surface area contributed by atoms with Crippen LogP contribution in [-0.4, -0.2) is 37.1 Å². The molecule has 0 aromatic carbocycles. The number of anilines is 1. The lowest BCUT2D eigenvalue weighted by Gasteiger charge is -2.22. The maximum Gasteiger partial charge on any atom is 0.236 e. The van der Waals surface area contributed by atoms with Gasteiger partial charge in [-0.1, -0.05) is 6.92 Å². The Balaban J connectivity index is 2.11. The van der Waals surface area contributed by atoms with E-state index in [-0.39, 0.29) is 5.25 Å². The number of aryl methyl sites for hydroxylation is 1. The number of hydrogen-bond acceptors (Lipinski definition) is 4. The van der Waals surface area contributed by atoms with Crippen molar-refractivity contribution in [1.29, 1.82) is 0 Å². The van der Waals surface area contributed by atoms with E-state index in [4.69, 9.17) is 4.74 Å². The molecule has 2 rings (SSSR count). The molecule has 1 aliphatic heterocycles. The molecule has 0 radical (unpaired) electrons. The first-order valence-electron chi connectivity index (χ1n) is 5.75. The van der Waals surface area contributed by atoms with Gasteiger partial charge >= 0.3 is 0 Å². The summed E-state index contributed by atoms with van der Waals surface area (Å²) >= 11 is 0. The molecule has 0 bridgehead atoms. The fraction of sp³-hybridized carbons (Fsp3) is 0.700. The zero-order chi connectivity index (χ0) is 12.3. The second kappa shape index (κ2) is 5.05. The second-order valence-corrected chi connectivity index (χ2v) is 6.04. The minimum Gasteiger partial charge on any atom is -0.381 e. The summed E-state index contributed by atoms with van der Waals surface area (Å²) in [6.45, 7) is 2.97. The summed E-state index contributed by atoms with van der Waals surface area (Å²) in [5.41, 5.74) is 0.876. The van der Waals surface area contributed by atoms with E-state index in [2.05, 4.69) is 14.9 Å². The first kappa shape index (κ1) is 12.4. The summed E-state index contributed by atoms with van der Waals surface area (Å²) in [5.74, 6) is 0.485. The summed E-state index contributed by atoms with van der Waals surface area (Å²) in [5, 5.41) is 6.15. The lowest BCUT2D eigenvalue weighted by Crippen LogP contribution is -2.33. The standard InChI is InChI=1S/C10H17N3O3S/c1-2-8-7-11-12-10(8)13-17(14,15)9-3-5-16-6-4-9/h7,9H,2-6H2,1H3,(H2,11,12,13). The van der Waals surface area contributed by atoms with Gasteiger partial charge in [0, 0.05) is 18.8 Å². The van der Waals surface area contributed by atoms with Crippen LogP contribution in [0.5, 0.6) is 0 Å². The molecule has 6 nitrogen and oxygen atoms in total. The molecular formula is C10H17N3O3S. The molecule has 1 fully saturated rings. The van der Waals surface area contributed by atoms with Gasteiger partial charge in [0.25, 0.3) is 0 Å². The van der Waals surface area contributed by atoms with Gasteiger partial charge in [-0.25, -0.2) is 8.42 Å². The van der Waals surface area contributed by atoms with Gasteiger partial charge in [0.2, 0.25) is 10.0 Å². The molecule has 1 aliphatic rings. The molecule has 0 spiro atoms. The van der Waals surface area contributed by atoms with Crippen LogP contribution in [0.15, 0.2) is 6.20 Å². The van der Waals surface area contributed by atoms with Gasteiger partial charge in [0.1, 0.15) is 5.82 Å². The Hall–Kier alpha value is -1.08. The molecule has 2 N–H and O–H groups in total. The first-order chi connectivity index (χ1) is 8.13. The summed E-state index contributed by atoms with van der Waals surface area (Å²) in [6.07, 6.45) is 3.47. The largest absolute Gasteiger partial charge is 0.381 e. The average Bonchev–Trinajstić information content (AvgIpc) is 2.77. The molecule has 17 heavy (non-hydrogen) atoms. The Morgan fingerprint density at radius 3 is 2.88 bits per heavy atom. The zero-order valence-electron chi connectivity index (χ0n) is 9.77. The topological polar surface area (TPSA) is 84.1 Å². The third-order valence-corrected chi connectivity index (χ3v) is 4.79. The molecule has 0 aliphatic carbocycles. The number of sulfonamides is 1. The molecule has 96 valence electrons. The van der Waals surface area contributed by atoms with Crippen molar-refractivity contribution in [2.24, 2.45) is 0 Å². The van der Waals surface area contributed by atoms with Crippen molar-refractivity contribution in [3.05, 3.63) is 11.8 Å². The second-order valence-electron chi connectivity index (χ2n) is 4.08. The van der Waals surface area contributed by atoms with Gasteiger partial charge in [-0.15, -0.1) is 0 Å². The fourth-order valence-electron chi connectivity index (χ4n) is 1.88. The molecule has 1 aromatic rings. The Morgan fingerprint density at radius 2 is 2.24 bits per heavy atom. The monoisotopic (exact) mass is 259 g/mol. The van der Waals surface area contributed by atoms with E-state index in [0.29, 0.717) is 31.9 Å². The van der Waals surface area contributed by atoms with Gasteiger partial charge in [-0.05, 0) is 19.3 Å². The fourth-order valence-corrected chi connectivity index (χ4v) is 3.32. The lowest BCUT2D eigenvalue weighted by molar-refractivity contribution is 0.0984. The van der Waals surface area contributed by atoms with Crippen LogP contribution in [0, 0.1) is 0 Å².